The summed E-state index contributed by atoms with van der Waals surface area (Å²) in [6, 6.07) is 10.0. The lowest BCUT2D eigenvalue weighted by Crippen LogP contribution is -2.46. The first-order chi connectivity index (χ1) is 7.20. The topological polar surface area (TPSA) is 9.23 Å². The number of rotatable bonds is 6. The van der Waals surface area contributed by atoms with Crippen LogP contribution in [0.3, 0.4) is 0 Å². The maximum absolute atomic E-state index is 5.69. The van der Waals surface area contributed by atoms with Gasteiger partial charge in [-0.15, -0.1) is 0 Å². The van der Waals surface area contributed by atoms with Crippen molar-refractivity contribution in [3.8, 4) is 5.75 Å². The summed E-state index contributed by atoms with van der Waals surface area (Å²) in [7, 11) is 2.27. The Bertz CT molecular complexity index is 267. The van der Waals surface area contributed by atoms with Crippen LogP contribution in [0.5, 0.6) is 5.75 Å². The smallest absolute Gasteiger partial charge is 0.137 e. The minimum absolute atomic E-state index is 0.794. The van der Waals surface area contributed by atoms with Gasteiger partial charge in [0.2, 0.25) is 0 Å². The average Bonchev–Trinajstić information content (AvgIpc) is 2.30. The number of likely N-dealkylation sites (N-methyl/N-ethyl adjacent to an activating group) is 1. The Hall–Kier alpha value is -1.02. The fourth-order valence-corrected chi connectivity index (χ4v) is 1.44. The first kappa shape index (κ1) is 12.1. The molecule has 1 rings (SSSR count). The van der Waals surface area contributed by atoms with Gasteiger partial charge in [0, 0.05) is 0 Å². The lowest BCUT2D eigenvalue weighted by Gasteiger charge is -2.31. The lowest BCUT2D eigenvalue weighted by molar-refractivity contribution is -0.906. The van der Waals surface area contributed by atoms with Gasteiger partial charge in [-0.3, -0.25) is 0 Å². The highest BCUT2D eigenvalue weighted by Gasteiger charge is 2.15. The van der Waals surface area contributed by atoms with E-state index in [2.05, 4.69) is 20.9 Å². The molecule has 2 nitrogen and oxygen atoms in total. The van der Waals surface area contributed by atoms with Crippen molar-refractivity contribution < 1.29 is 9.22 Å². The van der Waals surface area contributed by atoms with Gasteiger partial charge in [-0.05, 0) is 26.0 Å². The number of quaternary nitrogens is 1. The van der Waals surface area contributed by atoms with Crippen LogP contribution in [-0.2, 0) is 0 Å². The third-order valence-corrected chi connectivity index (χ3v) is 3.17. The number of hydrogen-bond donors (Lipinski definition) is 0. The first-order valence-electron chi connectivity index (χ1n) is 5.71. The molecule has 15 heavy (non-hydrogen) atoms. The van der Waals surface area contributed by atoms with E-state index in [0.29, 0.717) is 0 Å². The van der Waals surface area contributed by atoms with E-state index < -0.39 is 0 Å². The van der Waals surface area contributed by atoms with Crippen molar-refractivity contribution in [3.05, 3.63) is 30.3 Å². The molecule has 0 saturated carbocycles. The molecule has 0 aliphatic heterocycles. The molecule has 0 bridgehead atoms. The van der Waals surface area contributed by atoms with Crippen LogP contribution >= 0.6 is 0 Å². The molecule has 0 unspecified atom stereocenters. The summed E-state index contributed by atoms with van der Waals surface area (Å²) in [5, 5.41) is 0. The quantitative estimate of drug-likeness (QED) is 0.653. The van der Waals surface area contributed by atoms with E-state index in [1.54, 1.807) is 0 Å². The zero-order valence-electron chi connectivity index (χ0n) is 10.1. The maximum Gasteiger partial charge on any atom is 0.137 e. The average molecular weight is 208 g/mol. The molecule has 84 valence electrons. The highest BCUT2D eigenvalue weighted by Crippen LogP contribution is 2.09. The van der Waals surface area contributed by atoms with E-state index in [1.165, 1.54) is 0 Å². The minimum Gasteiger partial charge on any atom is -0.488 e. The van der Waals surface area contributed by atoms with Crippen LogP contribution in [0, 0.1) is 0 Å². The van der Waals surface area contributed by atoms with Crippen LogP contribution in [-0.4, -0.2) is 37.8 Å². The summed E-state index contributed by atoms with van der Waals surface area (Å²) < 4.78 is 6.77. The number of hydrogen-bond acceptors (Lipinski definition) is 1. The molecule has 0 aliphatic carbocycles. The first-order valence-corrected chi connectivity index (χ1v) is 5.71. The van der Waals surface area contributed by atoms with Gasteiger partial charge in [-0.1, -0.05) is 18.2 Å². The SMILES string of the molecule is CC[N+](C)(CC)CCOc1ccccc1. The molecule has 0 N–H and O–H groups in total. The lowest BCUT2D eigenvalue weighted by atomic mass is 10.3. The molecule has 2 heteroatoms. The summed E-state index contributed by atoms with van der Waals surface area (Å²) in [6.45, 7) is 8.64. The largest absolute Gasteiger partial charge is 0.488 e. The van der Waals surface area contributed by atoms with Crippen LogP contribution in [0.15, 0.2) is 30.3 Å². The predicted molar refractivity (Wildman–Crippen MR) is 64.1 cm³/mol. The summed E-state index contributed by atoms with van der Waals surface area (Å²) in [5.74, 6) is 0.969. The van der Waals surface area contributed by atoms with Crippen LogP contribution in [0.2, 0.25) is 0 Å². The Morgan fingerprint density at radius 2 is 1.67 bits per heavy atom. The summed E-state index contributed by atoms with van der Waals surface area (Å²) >= 11 is 0. The van der Waals surface area contributed by atoms with Gasteiger partial charge in [-0.2, -0.15) is 0 Å². The zero-order chi connectivity index (χ0) is 11.1. The minimum atomic E-state index is 0.794. The normalized spacial score (nSPS) is 11.4. The number of nitrogens with zero attached hydrogens (tertiary/aromatic N) is 1. The second-order valence-corrected chi connectivity index (χ2v) is 4.14. The van der Waals surface area contributed by atoms with Gasteiger partial charge >= 0.3 is 0 Å². The fraction of sp³-hybridized carbons (Fsp3) is 0.538. The molecule has 0 fully saturated rings. The summed E-state index contributed by atoms with van der Waals surface area (Å²) in [5.41, 5.74) is 0. The Labute approximate surface area is 93.1 Å². The Morgan fingerprint density at radius 3 is 2.20 bits per heavy atom. The Kier molecular flexibility index (Phi) is 4.63. The van der Waals surface area contributed by atoms with Gasteiger partial charge in [0.1, 0.15) is 18.9 Å². The summed E-state index contributed by atoms with van der Waals surface area (Å²) in [6.07, 6.45) is 0. The van der Waals surface area contributed by atoms with Crippen LogP contribution in [0.4, 0.5) is 0 Å². The Balaban J connectivity index is 2.33. The van der Waals surface area contributed by atoms with E-state index >= 15 is 0 Å². The second-order valence-electron chi connectivity index (χ2n) is 4.14. The Morgan fingerprint density at radius 1 is 1.07 bits per heavy atom. The molecule has 0 aliphatic rings. The molecule has 0 spiro atoms. The third-order valence-electron chi connectivity index (χ3n) is 3.17. The van der Waals surface area contributed by atoms with Crippen molar-refractivity contribution in [2.45, 2.75) is 13.8 Å². The van der Waals surface area contributed by atoms with Crippen molar-refractivity contribution in [2.75, 3.05) is 33.3 Å². The molecule has 0 amide bonds. The third kappa shape index (κ3) is 3.92. The van der Waals surface area contributed by atoms with Crippen molar-refractivity contribution in [3.63, 3.8) is 0 Å². The molecule has 0 atom stereocenters. The van der Waals surface area contributed by atoms with Gasteiger partial charge in [0.05, 0.1) is 20.1 Å². The van der Waals surface area contributed by atoms with Crippen molar-refractivity contribution in [1.82, 2.24) is 0 Å². The van der Waals surface area contributed by atoms with Gasteiger partial charge in [0.15, 0.2) is 0 Å². The summed E-state index contributed by atoms with van der Waals surface area (Å²) in [4.78, 5) is 0. The van der Waals surface area contributed by atoms with E-state index in [-0.39, 0.29) is 0 Å². The highest BCUT2D eigenvalue weighted by molar-refractivity contribution is 5.20. The van der Waals surface area contributed by atoms with Gasteiger partial charge < -0.3 is 9.22 Å². The van der Waals surface area contributed by atoms with Crippen molar-refractivity contribution >= 4 is 0 Å². The van der Waals surface area contributed by atoms with Crippen LogP contribution in [0.25, 0.3) is 0 Å². The number of benzene rings is 1. The molecule has 0 saturated heterocycles. The molecule has 1 aromatic rings. The zero-order valence-corrected chi connectivity index (χ0v) is 10.1. The fourth-order valence-electron chi connectivity index (χ4n) is 1.44. The molecule has 0 aromatic heterocycles. The second kappa shape index (κ2) is 5.76. The monoisotopic (exact) mass is 208 g/mol. The van der Waals surface area contributed by atoms with Gasteiger partial charge in [-0.25, -0.2) is 0 Å². The van der Waals surface area contributed by atoms with E-state index in [4.69, 9.17) is 4.74 Å². The van der Waals surface area contributed by atoms with E-state index in [1.807, 2.05) is 30.3 Å². The van der Waals surface area contributed by atoms with Crippen molar-refractivity contribution in [1.29, 1.82) is 0 Å². The van der Waals surface area contributed by atoms with E-state index in [0.717, 1.165) is 36.5 Å². The highest BCUT2D eigenvalue weighted by atomic mass is 16.5. The van der Waals surface area contributed by atoms with Crippen LogP contribution < -0.4 is 4.74 Å². The molecule has 1 aromatic carbocycles. The maximum atomic E-state index is 5.69. The molecular formula is C13H22NO+. The van der Waals surface area contributed by atoms with Gasteiger partial charge in [0.25, 0.3) is 0 Å². The standard InChI is InChI=1S/C13H22NO/c1-4-14(3,5-2)11-12-15-13-9-7-6-8-10-13/h6-10H,4-5,11-12H2,1-3H3/q+1. The molecular weight excluding hydrogens is 186 g/mol. The van der Waals surface area contributed by atoms with E-state index in [9.17, 15) is 0 Å². The number of ether oxygens (including phenoxy) is 1. The predicted octanol–water partition coefficient (Wildman–Crippen LogP) is 2.55. The number of para-hydroxylation sites is 1. The van der Waals surface area contributed by atoms with Crippen LogP contribution in [0.1, 0.15) is 13.8 Å². The molecule has 0 heterocycles. The molecule has 0 radical (unpaired) electrons. The van der Waals surface area contributed by atoms with Crippen molar-refractivity contribution in [2.24, 2.45) is 0 Å².